The first kappa shape index (κ1) is 27.0. The van der Waals surface area contributed by atoms with E-state index in [1.807, 2.05) is 13.0 Å². The fourth-order valence-corrected chi connectivity index (χ4v) is 6.36. The number of benzene rings is 1. The van der Waals surface area contributed by atoms with Gasteiger partial charge in [0.05, 0.1) is 24.5 Å². The predicted octanol–water partition coefficient (Wildman–Crippen LogP) is 4.70. The third kappa shape index (κ3) is 5.59. The lowest BCUT2D eigenvalue weighted by Gasteiger charge is -2.40. The Morgan fingerprint density at radius 3 is 2.69 bits per heavy atom. The van der Waals surface area contributed by atoms with Crippen LogP contribution in [0.4, 0.5) is 14.9 Å². The fraction of sp³-hybridized carbons (Fsp3) is 0.467. The molecule has 0 radical (unpaired) electrons. The molecular weight excluding hydrogens is 497 g/mol. The van der Waals surface area contributed by atoms with Gasteiger partial charge in [-0.3, -0.25) is 14.8 Å². The van der Waals surface area contributed by atoms with Crippen LogP contribution in [-0.2, 0) is 11.2 Å². The Balaban J connectivity index is 1.40. The zero-order valence-electron chi connectivity index (χ0n) is 22.8. The monoisotopic (exact) mass is 533 g/mol. The van der Waals surface area contributed by atoms with Gasteiger partial charge in [0.1, 0.15) is 5.82 Å². The molecular formula is C30H36FN5O3. The highest BCUT2D eigenvalue weighted by Gasteiger charge is 2.29. The van der Waals surface area contributed by atoms with Gasteiger partial charge in [0.2, 0.25) is 0 Å². The zero-order chi connectivity index (χ0) is 27.7. The lowest BCUT2D eigenvalue weighted by atomic mass is 9.75. The van der Waals surface area contributed by atoms with Gasteiger partial charge in [-0.15, -0.1) is 0 Å². The smallest absolute Gasteiger partial charge is 0.409 e. The fourth-order valence-electron chi connectivity index (χ4n) is 6.36. The Hall–Kier alpha value is -3.59. The number of halogens is 1. The summed E-state index contributed by atoms with van der Waals surface area (Å²) in [5.74, 6) is 0.273. The number of methoxy groups -OCH3 is 1. The molecule has 0 unspecified atom stereocenters. The molecule has 1 amide bonds. The molecule has 4 atom stereocenters. The van der Waals surface area contributed by atoms with Crippen molar-refractivity contribution in [2.75, 3.05) is 31.6 Å². The van der Waals surface area contributed by atoms with Crippen LogP contribution in [0.15, 0.2) is 42.9 Å². The van der Waals surface area contributed by atoms with E-state index in [4.69, 9.17) is 10.5 Å². The van der Waals surface area contributed by atoms with E-state index in [9.17, 15) is 9.59 Å². The third-order valence-electron chi connectivity index (χ3n) is 8.19. The lowest BCUT2D eigenvalue weighted by Crippen LogP contribution is -2.53. The van der Waals surface area contributed by atoms with E-state index in [0.717, 1.165) is 36.1 Å². The Morgan fingerprint density at radius 2 is 1.95 bits per heavy atom. The molecule has 1 saturated carbocycles. The van der Waals surface area contributed by atoms with Crippen molar-refractivity contribution >= 4 is 28.5 Å². The summed E-state index contributed by atoms with van der Waals surface area (Å²) >= 11 is 0. The number of fused-ring (bicyclic) bond motifs is 1. The van der Waals surface area contributed by atoms with Gasteiger partial charge in [-0.25, -0.2) is 9.18 Å². The Bertz CT molecular complexity index is 1370. The van der Waals surface area contributed by atoms with Crippen LogP contribution in [0.3, 0.4) is 0 Å². The van der Waals surface area contributed by atoms with Crippen LogP contribution in [-0.4, -0.2) is 65.6 Å². The normalized spacial score (nSPS) is 23.6. The van der Waals surface area contributed by atoms with E-state index in [2.05, 4.69) is 21.8 Å². The topological polar surface area (TPSA) is 102 Å². The van der Waals surface area contributed by atoms with Crippen molar-refractivity contribution in [2.24, 2.45) is 11.7 Å². The molecule has 0 spiro atoms. The average Bonchev–Trinajstić information content (AvgIpc) is 2.92. The van der Waals surface area contributed by atoms with Crippen LogP contribution >= 0.6 is 0 Å². The number of Topliss-reactive ketones (excluding diaryl/α,β-unsaturated/α-hetero) is 1. The molecule has 5 rings (SSSR count). The number of amides is 1. The summed E-state index contributed by atoms with van der Waals surface area (Å²) in [7, 11) is 1.37. The first-order chi connectivity index (χ1) is 18.7. The number of carbonyl (C=O) groups is 2. The van der Waals surface area contributed by atoms with Crippen molar-refractivity contribution in [2.45, 2.75) is 57.5 Å². The summed E-state index contributed by atoms with van der Waals surface area (Å²) in [5.41, 5.74) is 9.83. The van der Waals surface area contributed by atoms with Gasteiger partial charge in [-0.05, 0) is 73.4 Å². The molecule has 1 aliphatic heterocycles. The zero-order valence-corrected chi connectivity index (χ0v) is 22.8. The summed E-state index contributed by atoms with van der Waals surface area (Å²) < 4.78 is 19.9. The quantitative estimate of drug-likeness (QED) is 0.474. The molecule has 2 aromatic heterocycles. The minimum atomic E-state index is -0.427. The number of rotatable bonds is 5. The first-order valence-corrected chi connectivity index (χ1v) is 13.6. The highest BCUT2D eigenvalue weighted by Crippen LogP contribution is 2.37. The van der Waals surface area contributed by atoms with E-state index >= 15 is 4.39 Å². The number of nitrogens with two attached hydrogens (primary N) is 1. The predicted molar refractivity (Wildman–Crippen MR) is 148 cm³/mol. The van der Waals surface area contributed by atoms with Gasteiger partial charge in [-0.1, -0.05) is 6.92 Å². The standard InChI is InChI=1S/C30H36FN5O3/c1-18-10-20(12-22(32)11-18)24-6-7-33-15-21(24)13-28(37)25-4-5-27(31)26-14-23(16-34-29(25)26)36-9-8-35(17-19(36)2)30(38)39-3/h4-7,14-16,18-20,22H,8-13,17,32H2,1-3H3/t18-,19-,20+,22-/m0/s1. The third-order valence-corrected chi connectivity index (χ3v) is 8.19. The first-order valence-electron chi connectivity index (χ1n) is 13.6. The molecule has 2 fully saturated rings. The molecule has 0 bridgehead atoms. The van der Waals surface area contributed by atoms with Gasteiger partial charge >= 0.3 is 6.09 Å². The van der Waals surface area contributed by atoms with Crippen LogP contribution < -0.4 is 10.6 Å². The van der Waals surface area contributed by atoms with Crippen molar-refractivity contribution in [3.63, 3.8) is 0 Å². The molecule has 2 N–H and O–H groups in total. The van der Waals surface area contributed by atoms with E-state index in [1.54, 1.807) is 29.6 Å². The number of anilines is 1. The second-order valence-corrected chi connectivity index (χ2v) is 11.1. The molecule has 8 nitrogen and oxygen atoms in total. The van der Waals surface area contributed by atoms with E-state index in [1.165, 1.54) is 19.2 Å². The second kappa shape index (κ2) is 11.3. The molecule has 39 heavy (non-hydrogen) atoms. The van der Waals surface area contributed by atoms with Crippen molar-refractivity contribution in [3.8, 4) is 0 Å². The van der Waals surface area contributed by atoms with Crippen molar-refractivity contribution in [1.29, 1.82) is 0 Å². The average molecular weight is 534 g/mol. The van der Waals surface area contributed by atoms with E-state index in [0.29, 0.717) is 47.9 Å². The largest absolute Gasteiger partial charge is 0.453 e. The molecule has 1 aromatic carbocycles. The number of ketones is 1. The number of carbonyl (C=O) groups excluding carboxylic acids is 2. The van der Waals surface area contributed by atoms with Crippen LogP contribution in [0.5, 0.6) is 0 Å². The summed E-state index contributed by atoms with van der Waals surface area (Å²) in [6.07, 6.45) is 7.99. The van der Waals surface area contributed by atoms with Gasteiger partial charge in [0, 0.05) is 61.5 Å². The van der Waals surface area contributed by atoms with Gasteiger partial charge < -0.3 is 20.3 Å². The number of pyridine rings is 2. The molecule has 206 valence electrons. The summed E-state index contributed by atoms with van der Waals surface area (Å²) in [5, 5.41) is 0.305. The molecule has 1 aliphatic carbocycles. The van der Waals surface area contributed by atoms with Gasteiger partial charge in [0.15, 0.2) is 5.78 Å². The highest BCUT2D eigenvalue weighted by atomic mass is 19.1. The van der Waals surface area contributed by atoms with Gasteiger partial charge in [0.25, 0.3) is 0 Å². The maximum Gasteiger partial charge on any atom is 0.409 e. The Labute approximate surface area is 228 Å². The van der Waals surface area contributed by atoms with Crippen LogP contribution in [0.25, 0.3) is 10.9 Å². The highest BCUT2D eigenvalue weighted by molar-refractivity contribution is 6.08. The summed E-state index contributed by atoms with van der Waals surface area (Å²) in [6.45, 7) is 5.78. The number of nitrogens with zero attached hydrogens (tertiary/aromatic N) is 4. The van der Waals surface area contributed by atoms with Gasteiger partial charge in [-0.2, -0.15) is 0 Å². The van der Waals surface area contributed by atoms with Crippen LogP contribution in [0.1, 0.15) is 60.5 Å². The summed E-state index contributed by atoms with van der Waals surface area (Å²) in [6, 6.07) is 6.77. The Morgan fingerprint density at radius 1 is 1.13 bits per heavy atom. The van der Waals surface area contributed by atoms with Crippen LogP contribution in [0, 0.1) is 11.7 Å². The number of hydrogen-bond acceptors (Lipinski definition) is 7. The van der Waals surface area contributed by atoms with Crippen molar-refractivity contribution in [3.05, 3.63) is 65.4 Å². The van der Waals surface area contributed by atoms with Crippen molar-refractivity contribution < 1.29 is 18.7 Å². The summed E-state index contributed by atoms with van der Waals surface area (Å²) in [4.78, 5) is 38.1. The molecule has 3 heterocycles. The molecule has 3 aromatic rings. The molecule has 1 saturated heterocycles. The number of aromatic nitrogens is 2. The van der Waals surface area contributed by atoms with Crippen molar-refractivity contribution in [1.82, 2.24) is 14.9 Å². The Kier molecular flexibility index (Phi) is 7.79. The SMILES string of the molecule is COC(=O)N1CCN(c2cnc3c(C(=O)Cc4cnccc4[C@@H]4C[C@H](C)C[C@H](N)C4)ccc(F)c3c2)[C@@H](C)C1. The maximum atomic E-state index is 15.0. The number of ether oxygens (including phenoxy) is 1. The lowest BCUT2D eigenvalue weighted by molar-refractivity contribution is 0.0993. The molecule has 9 heteroatoms. The second-order valence-electron chi connectivity index (χ2n) is 11.1. The minimum Gasteiger partial charge on any atom is -0.453 e. The number of hydrogen-bond donors (Lipinski definition) is 1. The maximum absolute atomic E-state index is 15.0. The molecule has 2 aliphatic rings. The van der Waals surface area contributed by atoms with Crippen LogP contribution in [0.2, 0.25) is 0 Å². The van der Waals surface area contributed by atoms with E-state index < -0.39 is 5.82 Å². The van der Waals surface area contributed by atoms with E-state index in [-0.39, 0.29) is 30.4 Å². The number of piperazine rings is 1. The minimum absolute atomic E-state index is 0.00963.